The minimum absolute atomic E-state index is 0.0512. The highest BCUT2D eigenvalue weighted by Crippen LogP contribution is 2.38. The highest BCUT2D eigenvalue weighted by atomic mass is 19.1. The van der Waals surface area contributed by atoms with Gasteiger partial charge in [0.2, 0.25) is 0 Å². The number of carbonyl (C=O) groups is 2. The molecule has 0 spiro atoms. The van der Waals surface area contributed by atoms with Crippen LogP contribution in [0, 0.1) is 11.2 Å². The highest BCUT2D eigenvalue weighted by molar-refractivity contribution is 5.76. The Hall–Kier alpha value is -2.35. The average Bonchev–Trinajstić information content (AvgIpc) is 3.63. The number of halogens is 1. The molecule has 1 aliphatic carbocycles. The number of carbonyl (C=O) groups excluding carboxylic acids is 2. The lowest BCUT2D eigenvalue weighted by molar-refractivity contribution is 0.115. The molecule has 8 heteroatoms. The Labute approximate surface area is 234 Å². The molecule has 4 aliphatic rings. The number of urea groups is 2. The van der Waals surface area contributed by atoms with E-state index >= 15 is 0 Å². The first-order valence-electron chi connectivity index (χ1n) is 15.1. The fraction of sp³-hybridized carbons (Fsp3) is 0.742. The van der Waals surface area contributed by atoms with Crippen molar-refractivity contribution >= 4 is 12.1 Å². The van der Waals surface area contributed by atoms with Gasteiger partial charge in [-0.1, -0.05) is 26.0 Å². The van der Waals surface area contributed by atoms with Crippen molar-refractivity contribution in [2.75, 3.05) is 53.4 Å². The predicted octanol–water partition coefficient (Wildman–Crippen LogP) is 5.23. The SMILES string of the molecule is CN(C(=O)N1CCC(c2ccc(F)cc2)CC1)[C@H]1CCN(C(=O)N(C)[C@@H]2CCN(C3CCC(C)(C)CC3)C2)C1. The fourth-order valence-corrected chi connectivity index (χ4v) is 7.29. The second-order valence-corrected chi connectivity index (χ2v) is 13.3. The van der Waals surface area contributed by atoms with Crippen LogP contribution in [0.1, 0.15) is 76.7 Å². The minimum Gasteiger partial charge on any atom is -0.325 e. The summed E-state index contributed by atoms with van der Waals surface area (Å²) in [5.74, 6) is 0.156. The monoisotopic (exact) mass is 541 g/mol. The van der Waals surface area contributed by atoms with E-state index < -0.39 is 0 Å². The molecule has 39 heavy (non-hydrogen) atoms. The first-order valence-corrected chi connectivity index (χ1v) is 15.1. The van der Waals surface area contributed by atoms with Crippen molar-refractivity contribution in [3.05, 3.63) is 35.6 Å². The predicted molar refractivity (Wildman–Crippen MR) is 152 cm³/mol. The normalized spacial score (nSPS) is 26.7. The molecule has 1 aromatic carbocycles. The van der Waals surface area contributed by atoms with E-state index in [1.165, 1.54) is 37.8 Å². The van der Waals surface area contributed by atoms with E-state index in [4.69, 9.17) is 0 Å². The molecule has 0 N–H and O–H groups in total. The number of likely N-dealkylation sites (N-methyl/N-ethyl adjacent to an activating group) is 2. The molecule has 3 saturated heterocycles. The minimum atomic E-state index is -0.211. The number of hydrogen-bond donors (Lipinski definition) is 0. The maximum absolute atomic E-state index is 13.4. The van der Waals surface area contributed by atoms with Gasteiger partial charge in [-0.2, -0.15) is 0 Å². The zero-order valence-corrected chi connectivity index (χ0v) is 24.4. The maximum atomic E-state index is 13.4. The van der Waals surface area contributed by atoms with Crippen molar-refractivity contribution in [1.82, 2.24) is 24.5 Å². The van der Waals surface area contributed by atoms with Gasteiger partial charge in [0.1, 0.15) is 5.82 Å². The van der Waals surface area contributed by atoms with E-state index in [9.17, 15) is 14.0 Å². The van der Waals surface area contributed by atoms with Crippen molar-refractivity contribution in [2.24, 2.45) is 5.41 Å². The van der Waals surface area contributed by atoms with Crippen LogP contribution in [0.25, 0.3) is 0 Å². The average molecular weight is 542 g/mol. The second-order valence-electron chi connectivity index (χ2n) is 13.3. The van der Waals surface area contributed by atoms with E-state index in [-0.39, 0.29) is 30.0 Å². The highest BCUT2D eigenvalue weighted by Gasteiger charge is 2.39. The van der Waals surface area contributed by atoms with Crippen molar-refractivity contribution < 1.29 is 14.0 Å². The molecule has 0 radical (unpaired) electrons. The van der Waals surface area contributed by atoms with Crippen LogP contribution >= 0.6 is 0 Å². The summed E-state index contributed by atoms with van der Waals surface area (Å²) in [7, 11) is 3.85. The van der Waals surface area contributed by atoms with Crippen molar-refractivity contribution in [3.63, 3.8) is 0 Å². The Morgan fingerprint density at radius 1 is 0.769 bits per heavy atom. The Balaban J connectivity index is 1.07. The van der Waals surface area contributed by atoms with Crippen LogP contribution in [0.15, 0.2) is 24.3 Å². The lowest BCUT2D eigenvalue weighted by Crippen LogP contribution is -2.50. The summed E-state index contributed by atoms with van der Waals surface area (Å²) >= 11 is 0. The van der Waals surface area contributed by atoms with Gasteiger partial charge in [-0.3, -0.25) is 4.90 Å². The molecule has 216 valence electrons. The summed E-state index contributed by atoms with van der Waals surface area (Å²) in [4.78, 5) is 37.1. The Morgan fingerprint density at radius 3 is 1.95 bits per heavy atom. The Morgan fingerprint density at radius 2 is 1.31 bits per heavy atom. The van der Waals surface area contributed by atoms with Gasteiger partial charge in [0.05, 0.1) is 6.04 Å². The van der Waals surface area contributed by atoms with Crippen LogP contribution in [0.3, 0.4) is 0 Å². The third-order valence-electron chi connectivity index (χ3n) is 10.3. The second kappa shape index (κ2) is 11.6. The smallest absolute Gasteiger partial charge is 0.320 e. The third kappa shape index (κ3) is 6.36. The number of piperidine rings is 1. The van der Waals surface area contributed by atoms with E-state index in [0.717, 1.165) is 44.3 Å². The van der Waals surface area contributed by atoms with Gasteiger partial charge in [0.25, 0.3) is 0 Å². The molecule has 0 unspecified atom stereocenters. The Bertz CT molecular complexity index is 999. The molecule has 3 aliphatic heterocycles. The van der Waals surface area contributed by atoms with Crippen molar-refractivity contribution in [1.29, 1.82) is 0 Å². The van der Waals surface area contributed by atoms with Gasteiger partial charge in [0, 0.05) is 65.4 Å². The van der Waals surface area contributed by atoms with Crippen LogP contribution in [-0.2, 0) is 0 Å². The number of benzene rings is 1. The summed E-state index contributed by atoms with van der Waals surface area (Å²) in [6.07, 6.45) is 8.78. The summed E-state index contributed by atoms with van der Waals surface area (Å²) in [6, 6.07) is 7.93. The van der Waals surface area contributed by atoms with Crippen molar-refractivity contribution in [2.45, 2.75) is 89.3 Å². The standard InChI is InChI=1S/C31H48FN5O2/c1-31(2)15-9-26(10-16-31)36-19-13-27(21-36)34(4)30(39)37-20-14-28(22-37)33(3)29(38)35-17-11-24(12-18-35)23-5-7-25(32)8-6-23/h5-8,24,26-28H,9-22H2,1-4H3/t27-,28+/m1/s1. The van der Waals surface area contributed by atoms with Crippen molar-refractivity contribution in [3.8, 4) is 0 Å². The molecular formula is C31H48FN5O2. The van der Waals surface area contributed by atoms with Gasteiger partial charge in [-0.15, -0.1) is 0 Å². The van der Waals surface area contributed by atoms with Crippen LogP contribution in [0.5, 0.6) is 0 Å². The number of likely N-dealkylation sites (tertiary alicyclic amines) is 3. The van der Waals surface area contributed by atoms with E-state index in [2.05, 4.69) is 18.7 Å². The van der Waals surface area contributed by atoms with Crippen LogP contribution in [0.2, 0.25) is 0 Å². The quantitative estimate of drug-likeness (QED) is 0.525. The maximum Gasteiger partial charge on any atom is 0.320 e. The van der Waals surface area contributed by atoms with Crippen LogP contribution < -0.4 is 0 Å². The third-order valence-corrected chi connectivity index (χ3v) is 10.3. The molecule has 4 amide bonds. The molecule has 1 saturated carbocycles. The van der Waals surface area contributed by atoms with Gasteiger partial charge in [-0.25, -0.2) is 14.0 Å². The molecule has 3 heterocycles. The van der Waals surface area contributed by atoms with Gasteiger partial charge in [0.15, 0.2) is 0 Å². The summed E-state index contributed by atoms with van der Waals surface area (Å²) in [5, 5.41) is 0. The molecule has 5 rings (SSSR count). The summed E-state index contributed by atoms with van der Waals surface area (Å²) < 4.78 is 13.3. The zero-order valence-electron chi connectivity index (χ0n) is 24.4. The van der Waals surface area contributed by atoms with Gasteiger partial charge >= 0.3 is 12.1 Å². The largest absolute Gasteiger partial charge is 0.325 e. The summed E-state index contributed by atoms with van der Waals surface area (Å²) in [5.41, 5.74) is 1.63. The van der Waals surface area contributed by atoms with Gasteiger partial charge in [-0.05, 0) is 80.4 Å². The first-order chi connectivity index (χ1) is 18.6. The molecule has 7 nitrogen and oxygen atoms in total. The number of hydrogen-bond acceptors (Lipinski definition) is 3. The lowest BCUT2D eigenvalue weighted by atomic mass is 9.75. The molecular weight excluding hydrogens is 493 g/mol. The molecule has 0 aromatic heterocycles. The lowest BCUT2D eigenvalue weighted by Gasteiger charge is -2.39. The topological polar surface area (TPSA) is 50.3 Å². The van der Waals surface area contributed by atoms with E-state index in [1.54, 1.807) is 0 Å². The van der Waals surface area contributed by atoms with Crippen LogP contribution in [-0.4, -0.2) is 108 Å². The molecule has 4 fully saturated rings. The Kier molecular flexibility index (Phi) is 8.41. The fourth-order valence-electron chi connectivity index (χ4n) is 7.29. The summed E-state index contributed by atoms with van der Waals surface area (Å²) in [6.45, 7) is 9.56. The molecule has 2 atom stereocenters. The number of rotatable bonds is 4. The molecule has 1 aromatic rings. The van der Waals surface area contributed by atoms with Crippen LogP contribution in [0.4, 0.5) is 14.0 Å². The zero-order chi connectivity index (χ0) is 27.7. The van der Waals surface area contributed by atoms with Gasteiger partial charge < -0.3 is 19.6 Å². The number of amides is 4. The van der Waals surface area contributed by atoms with E-state index in [0.29, 0.717) is 43.6 Å². The van der Waals surface area contributed by atoms with E-state index in [1.807, 2.05) is 45.8 Å². The first kappa shape index (κ1) is 28.2. The molecule has 0 bridgehead atoms. The number of nitrogens with zero attached hydrogens (tertiary/aromatic N) is 5.